The molecule has 136 valence electrons. The zero-order chi connectivity index (χ0) is 16.9. The minimum atomic E-state index is 0.522. The molecule has 0 amide bonds. The lowest BCUT2D eigenvalue weighted by atomic mass is 10.0. The third-order valence-corrected chi connectivity index (χ3v) is 6.23. The average molecular weight is 361 g/mol. The van der Waals surface area contributed by atoms with Crippen molar-refractivity contribution in [3.8, 4) is 0 Å². The third-order valence-electron chi connectivity index (χ3n) is 5.36. The number of ether oxygens (including phenoxy) is 2. The highest BCUT2D eigenvalue weighted by molar-refractivity contribution is 7.09. The van der Waals surface area contributed by atoms with Crippen LogP contribution < -0.4 is 0 Å². The van der Waals surface area contributed by atoms with Crippen LogP contribution in [-0.2, 0) is 22.6 Å². The Morgan fingerprint density at radius 2 is 2.12 bits per heavy atom. The van der Waals surface area contributed by atoms with Gasteiger partial charge in [0.1, 0.15) is 0 Å². The lowest BCUT2D eigenvalue weighted by molar-refractivity contribution is 0.0160. The van der Waals surface area contributed by atoms with Crippen molar-refractivity contribution in [2.75, 3.05) is 33.0 Å². The summed E-state index contributed by atoms with van der Waals surface area (Å²) < 4.78 is 13.9. The van der Waals surface area contributed by atoms with Crippen LogP contribution in [0.15, 0.2) is 35.8 Å². The summed E-state index contributed by atoms with van der Waals surface area (Å²) in [5, 5.41) is 2.17. The second-order valence-corrected chi connectivity index (χ2v) is 8.26. The Hall–Kier alpha value is -1.14. The van der Waals surface area contributed by atoms with Crippen LogP contribution in [-0.4, -0.2) is 42.4 Å². The van der Waals surface area contributed by atoms with Gasteiger partial charge in [-0.15, -0.1) is 11.3 Å². The van der Waals surface area contributed by atoms with Gasteiger partial charge in [0, 0.05) is 68.9 Å². The molecule has 25 heavy (non-hydrogen) atoms. The second-order valence-electron chi connectivity index (χ2n) is 7.23. The van der Waals surface area contributed by atoms with Crippen molar-refractivity contribution in [1.82, 2.24) is 9.47 Å². The third kappa shape index (κ3) is 4.53. The first-order chi connectivity index (χ1) is 12.4. The Bertz CT molecular complexity index is 634. The molecule has 2 aromatic rings. The fraction of sp³-hybridized carbons (Fsp3) is 0.600. The van der Waals surface area contributed by atoms with E-state index in [0.29, 0.717) is 12.0 Å². The lowest BCUT2D eigenvalue weighted by Crippen LogP contribution is -2.36. The van der Waals surface area contributed by atoms with Gasteiger partial charge in [0.2, 0.25) is 0 Å². The maximum Gasteiger partial charge on any atom is 0.0495 e. The van der Waals surface area contributed by atoms with Crippen molar-refractivity contribution in [3.63, 3.8) is 0 Å². The molecule has 0 unspecified atom stereocenters. The molecule has 4 rings (SSSR count). The molecule has 1 fully saturated rings. The van der Waals surface area contributed by atoms with Crippen molar-refractivity contribution in [2.24, 2.45) is 5.92 Å². The van der Waals surface area contributed by atoms with Crippen molar-refractivity contribution < 1.29 is 9.47 Å². The zero-order valence-corrected chi connectivity index (χ0v) is 15.6. The van der Waals surface area contributed by atoms with Gasteiger partial charge in [0.15, 0.2) is 0 Å². The molecule has 0 aromatic carbocycles. The minimum absolute atomic E-state index is 0.522. The smallest absolute Gasteiger partial charge is 0.0495 e. The van der Waals surface area contributed by atoms with E-state index in [9.17, 15) is 0 Å². The van der Waals surface area contributed by atoms with Gasteiger partial charge in [-0.1, -0.05) is 6.07 Å². The molecular formula is C20H28N2O2S. The summed E-state index contributed by atoms with van der Waals surface area (Å²) in [6.45, 7) is 6.77. The van der Waals surface area contributed by atoms with Gasteiger partial charge in [-0.25, -0.2) is 0 Å². The molecule has 2 aromatic heterocycles. The van der Waals surface area contributed by atoms with Crippen LogP contribution in [0.3, 0.4) is 0 Å². The van der Waals surface area contributed by atoms with Gasteiger partial charge >= 0.3 is 0 Å². The summed E-state index contributed by atoms with van der Waals surface area (Å²) in [7, 11) is 0. The first kappa shape index (κ1) is 17.3. The van der Waals surface area contributed by atoms with Crippen molar-refractivity contribution in [1.29, 1.82) is 0 Å². The number of rotatable bonds is 7. The van der Waals surface area contributed by atoms with Crippen LogP contribution in [0.1, 0.15) is 35.9 Å². The summed E-state index contributed by atoms with van der Waals surface area (Å²) in [4.78, 5) is 4.03. The molecule has 2 aliphatic rings. The molecule has 0 bridgehead atoms. The van der Waals surface area contributed by atoms with Crippen LogP contribution in [0.2, 0.25) is 0 Å². The van der Waals surface area contributed by atoms with Crippen LogP contribution in [0.5, 0.6) is 0 Å². The predicted molar refractivity (Wildman–Crippen MR) is 101 cm³/mol. The Morgan fingerprint density at radius 1 is 1.20 bits per heavy atom. The van der Waals surface area contributed by atoms with E-state index in [1.165, 1.54) is 10.6 Å². The van der Waals surface area contributed by atoms with E-state index < -0.39 is 0 Å². The number of fused-ring (bicyclic) bond motifs is 1. The van der Waals surface area contributed by atoms with Crippen LogP contribution >= 0.6 is 11.3 Å². The highest BCUT2D eigenvalue weighted by atomic mass is 32.1. The molecule has 0 N–H and O–H groups in total. The molecule has 5 heteroatoms. The molecule has 0 aliphatic carbocycles. The van der Waals surface area contributed by atoms with E-state index in [2.05, 4.69) is 45.3 Å². The Balaban J connectivity index is 1.29. The minimum Gasteiger partial charge on any atom is -0.381 e. The molecule has 1 saturated heterocycles. The van der Waals surface area contributed by atoms with Gasteiger partial charge in [-0.05, 0) is 48.8 Å². The maximum atomic E-state index is 6.02. The van der Waals surface area contributed by atoms with Crippen LogP contribution in [0.4, 0.5) is 0 Å². The standard InChI is InChI=1S/C20H28N2O2S/c1-3-18-13-21(15-20-4-2-12-25-20)14-19(22(18)8-1)7-11-24-16-17-5-9-23-10-6-17/h1-4,8,12,17,19H,5-7,9-11,13-16H2/t19-/m0/s1. The maximum absolute atomic E-state index is 6.02. The van der Waals surface area contributed by atoms with E-state index in [1.807, 2.05) is 11.3 Å². The first-order valence-corrected chi connectivity index (χ1v) is 10.3. The molecular weight excluding hydrogens is 332 g/mol. The largest absolute Gasteiger partial charge is 0.381 e. The van der Waals surface area contributed by atoms with E-state index >= 15 is 0 Å². The number of aromatic nitrogens is 1. The van der Waals surface area contributed by atoms with Crippen molar-refractivity contribution in [3.05, 3.63) is 46.4 Å². The molecule has 0 radical (unpaired) electrons. The summed E-state index contributed by atoms with van der Waals surface area (Å²) in [5.74, 6) is 0.692. The van der Waals surface area contributed by atoms with Gasteiger partial charge in [-0.2, -0.15) is 0 Å². The molecule has 0 spiro atoms. The molecule has 2 aliphatic heterocycles. The van der Waals surface area contributed by atoms with Crippen molar-refractivity contribution >= 4 is 11.3 Å². The van der Waals surface area contributed by atoms with E-state index in [0.717, 1.165) is 65.3 Å². The topological polar surface area (TPSA) is 26.6 Å². The van der Waals surface area contributed by atoms with Crippen molar-refractivity contribution in [2.45, 2.75) is 38.4 Å². The SMILES string of the molecule is c1csc(CN2Cc3cccn3[C@@H](CCOCC3CCOCC3)C2)c1. The monoisotopic (exact) mass is 360 g/mol. The average Bonchev–Trinajstić information content (AvgIpc) is 3.31. The normalized spacial score (nSPS) is 22.2. The Labute approximate surface area is 154 Å². The highest BCUT2D eigenvalue weighted by Crippen LogP contribution is 2.26. The molecule has 0 saturated carbocycles. The second kappa shape index (κ2) is 8.49. The molecule has 1 atom stereocenters. The number of hydrogen-bond acceptors (Lipinski definition) is 4. The molecule has 4 heterocycles. The predicted octanol–water partition coefficient (Wildman–Crippen LogP) is 3.94. The number of thiophene rings is 1. The Morgan fingerprint density at radius 3 is 2.96 bits per heavy atom. The fourth-order valence-electron chi connectivity index (χ4n) is 3.96. The van der Waals surface area contributed by atoms with Crippen LogP contribution in [0, 0.1) is 5.92 Å². The van der Waals surface area contributed by atoms with Gasteiger partial charge in [0.25, 0.3) is 0 Å². The highest BCUT2D eigenvalue weighted by Gasteiger charge is 2.24. The van der Waals surface area contributed by atoms with E-state index in [-0.39, 0.29) is 0 Å². The summed E-state index contributed by atoms with van der Waals surface area (Å²) in [5.41, 5.74) is 1.43. The zero-order valence-electron chi connectivity index (χ0n) is 14.8. The fourth-order valence-corrected chi connectivity index (χ4v) is 4.70. The summed E-state index contributed by atoms with van der Waals surface area (Å²) >= 11 is 1.86. The summed E-state index contributed by atoms with van der Waals surface area (Å²) in [6.07, 6.45) is 5.63. The van der Waals surface area contributed by atoms with E-state index in [1.54, 1.807) is 0 Å². The lowest BCUT2D eigenvalue weighted by Gasteiger charge is -2.35. The molecule has 4 nitrogen and oxygen atoms in total. The number of nitrogens with zero attached hydrogens (tertiary/aromatic N) is 2. The quantitative estimate of drug-likeness (QED) is 0.700. The van der Waals surface area contributed by atoms with Gasteiger partial charge in [-0.3, -0.25) is 4.90 Å². The van der Waals surface area contributed by atoms with Gasteiger partial charge in [0.05, 0.1) is 0 Å². The van der Waals surface area contributed by atoms with E-state index in [4.69, 9.17) is 9.47 Å². The Kier molecular flexibility index (Phi) is 5.87. The number of hydrogen-bond donors (Lipinski definition) is 0. The van der Waals surface area contributed by atoms with Crippen LogP contribution in [0.25, 0.3) is 0 Å². The first-order valence-electron chi connectivity index (χ1n) is 9.44. The summed E-state index contributed by atoms with van der Waals surface area (Å²) in [6, 6.07) is 9.35. The van der Waals surface area contributed by atoms with Gasteiger partial charge < -0.3 is 14.0 Å².